The molecule has 0 spiro atoms. The van der Waals surface area contributed by atoms with Crippen molar-refractivity contribution in [2.45, 2.75) is 20.3 Å². The summed E-state index contributed by atoms with van der Waals surface area (Å²) >= 11 is 0. The number of hydrogen-bond acceptors (Lipinski definition) is 3. The van der Waals surface area contributed by atoms with E-state index in [1.54, 1.807) is 12.0 Å². The summed E-state index contributed by atoms with van der Waals surface area (Å²) in [4.78, 5) is 26.6. The van der Waals surface area contributed by atoms with Gasteiger partial charge in [0, 0.05) is 18.7 Å². The van der Waals surface area contributed by atoms with Crippen LogP contribution in [0.1, 0.15) is 17.5 Å². The van der Waals surface area contributed by atoms with Crippen LogP contribution < -0.4 is 15.0 Å². The van der Waals surface area contributed by atoms with Gasteiger partial charge in [-0.25, -0.2) is 0 Å². The first kappa shape index (κ1) is 17.0. The van der Waals surface area contributed by atoms with Crippen molar-refractivity contribution in [2.75, 3.05) is 23.9 Å². The molecule has 25 heavy (non-hydrogen) atoms. The van der Waals surface area contributed by atoms with E-state index in [2.05, 4.69) is 5.32 Å². The molecular formula is C20H22N2O3. The summed E-state index contributed by atoms with van der Waals surface area (Å²) < 4.78 is 5.33. The average molecular weight is 338 g/mol. The summed E-state index contributed by atoms with van der Waals surface area (Å²) in [6.45, 7) is 4.33. The molecule has 1 N–H and O–H groups in total. The van der Waals surface area contributed by atoms with Crippen LogP contribution in [0.15, 0.2) is 42.5 Å². The lowest BCUT2D eigenvalue weighted by Crippen LogP contribution is -2.28. The minimum absolute atomic E-state index is 0.0646. The SMILES string of the molecule is COc1ccccc1N1CC(C(=O)Nc2ccc(C)cc2C)CC1=O. The van der Waals surface area contributed by atoms with Gasteiger partial charge < -0.3 is 15.0 Å². The fourth-order valence-electron chi connectivity index (χ4n) is 3.16. The third-order valence-corrected chi connectivity index (χ3v) is 4.51. The molecule has 1 atom stereocenters. The van der Waals surface area contributed by atoms with Gasteiger partial charge >= 0.3 is 0 Å². The first-order valence-corrected chi connectivity index (χ1v) is 8.31. The largest absolute Gasteiger partial charge is 0.495 e. The second-order valence-corrected chi connectivity index (χ2v) is 6.38. The Balaban J connectivity index is 1.74. The van der Waals surface area contributed by atoms with Gasteiger partial charge in [0.15, 0.2) is 0 Å². The third-order valence-electron chi connectivity index (χ3n) is 4.51. The highest BCUT2D eigenvalue weighted by Gasteiger charge is 2.36. The molecule has 2 aromatic carbocycles. The fraction of sp³-hybridized carbons (Fsp3) is 0.300. The summed E-state index contributed by atoms with van der Waals surface area (Å²) in [6, 6.07) is 13.2. The number of benzene rings is 2. The lowest BCUT2D eigenvalue weighted by Gasteiger charge is -2.19. The Labute approximate surface area is 147 Å². The topological polar surface area (TPSA) is 58.6 Å². The first-order chi connectivity index (χ1) is 12.0. The lowest BCUT2D eigenvalue weighted by atomic mass is 10.1. The summed E-state index contributed by atoms with van der Waals surface area (Å²) in [5.74, 6) is 0.0624. The van der Waals surface area contributed by atoms with Crippen LogP contribution in [0.5, 0.6) is 5.75 Å². The highest BCUT2D eigenvalue weighted by atomic mass is 16.5. The van der Waals surface area contributed by atoms with Crippen molar-refractivity contribution >= 4 is 23.2 Å². The van der Waals surface area contributed by atoms with Gasteiger partial charge in [0.1, 0.15) is 5.75 Å². The summed E-state index contributed by atoms with van der Waals surface area (Å²) in [6.07, 6.45) is 0.203. The van der Waals surface area contributed by atoms with Crippen molar-refractivity contribution in [3.8, 4) is 5.75 Å². The number of anilines is 2. The average Bonchev–Trinajstić information content (AvgIpc) is 2.99. The molecule has 2 aromatic rings. The van der Waals surface area contributed by atoms with Crippen molar-refractivity contribution in [3.05, 3.63) is 53.6 Å². The molecule has 0 saturated carbocycles. The van der Waals surface area contributed by atoms with Crippen LogP contribution in [0.25, 0.3) is 0 Å². The molecule has 1 heterocycles. The van der Waals surface area contributed by atoms with E-state index in [0.717, 1.165) is 16.8 Å². The molecule has 1 saturated heterocycles. The van der Waals surface area contributed by atoms with Crippen LogP contribution in [-0.2, 0) is 9.59 Å². The Kier molecular flexibility index (Phi) is 4.74. The number of hydrogen-bond donors (Lipinski definition) is 1. The van der Waals surface area contributed by atoms with Gasteiger partial charge in [0.25, 0.3) is 0 Å². The predicted molar refractivity (Wildman–Crippen MR) is 98.0 cm³/mol. The van der Waals surface area contributed by atoms with E-state index in [9.17, 15) is 9.59 Å². The highest BCUT2D eigenvalue weighted by molar-refractivity contribution is 6.04. The number of nitrogens with zero attached hydrogens (tertiary/aromatic N) is 1. The number of nitrogens with one attached hydrogen (secondary N) is 1. The standard InChI is InChI=1S/C20H22N2O3/c1-13-8-9-16(14(2)10-13)21-20(24)15-11-19(23)22(12-15)17-6-4-5-7-18(17)25-3/h4-10,15H,11-12H2,1-3H3,(H,21,24). The number of carbonyl (C=O) groups is 2. The highest BCUT2D eigenvalue weighted by Crippen LogP contribution is 2.33. The molecule has 2 amide bonds. The maximum atomic E-state index is 12.6. The molecule has 1 aliphatic heterocycles. The second kappa shape index (κ2) is 6.97. The number of methoxy groups -OCH3 is 1. The van der Waals surface area contributed by atoms with Crippen LogP contribution in [0.3, 0.4) is 0 Å². The normalized spacial score (nSPS) is 16.8. The van der Waals surface area contributed by atoms with Crippen molar-refractivity contribution < 1.29 is 14.3 Å². The van der Waals surface area contributed by atoms with Crippen LogP contribution in [0.2, 0.25) is 0 Å². The smallest absolute Gasteiger partial charge is 0.229 e. The molecular weight excluding hydrogens is 316 g/mol. The Morgan fingerprint density at radius 2 is 1.96 bits per heavy atom. The van der Waals surface area contributed by atoms with Gasteiger partial charge in [-0.2, -0.15) is 0 Å². The van der Waals surface area contributed by atoms with Gasteiger partial charge in [-0.1, -0.05) is 29.8 Å². The monoisotopic (exact) mass is 338 g/mol. The molecule has 1 unspecified atom stereocenters. The van der Waals surface area contributed by atoms with Crippen molar-refractivity contribution in [1.29, 1.82) is 0 Å². The molecule has 0 aliphatic carbocycles. The second-order valence-electron chi connectivity index (χ2n) is 6.38. The molecule has 1 aliphatic rings. The zero-order valence-corrected chi connectivity index (χ0v) is 14.7. The zero-order valence-electron chi connectivity index (χ0n) is 14.7. The Morgan fingerprint density at radius 1 is 1.20 bits per heavy atom. The quantitative estimate of drug-likeness (QED) is 0.930. The molecule has 0 aromatic heterocycles. The zero-order chi connectivity index (χ0) is 18.0. The van der Waals surface area contributed by atoms with E-state index in [1.165, 1.54) is 0 Å². The van der Waals surface area contributed by atoms with E-state index in [4.69, 9.17) is 4.74 Å². The van der Waals surface area contributed by atoms with Gasteiger partial charge in [0.05, 0.1) is 18.7 Å². The lowest BCUT2D eigenvalue weighted by molar-refractivity contribution is -0.122. The molecule has 5 nitrogen and oxygen atoms in total. The number of para-hydroxylation sites is 2. The van der Waals surface area contributed by atoms with E-state index in [-0.39, 0.29) is 24.2 Å². The minimum atomic E-state index is -0.377. The Bertz CT molecular complexity index is 816. The van der Waals surface area contributed by atoms with Crippen molar-refractivity contribution in [1.82, 2.24) is 0 Å². The van der Waals surface area contributed by atoms with Crippen molar-refractivity contribution in [3.63, 3.8) is 0 Å². The Morgan fingerprint density at radius 3 is 2.68 bits per heavy atom. The Hall–Kier alpha value is -2.82. The summed E-state index contributed by atoms with van der Waals surface area (Å²) in [5, 5.41) is 2.95. The first-order valence-electron chi connectivity index (χ1n) is 8.31. The van der Waals surface area contributed by atoms with Gasteiger partial charge in [0.2, 0.25) is 11.8 Å². The molecule has 5 heteroatoms. The number of rotatable bonds is 4. The van der Waals surface area contributed by atoms with Gasteiger partial charge in [-0.3, -0.25) is 9.59 Å². The third kappa shape index (κ3) is 3.50. The summed E-state index contributed by atoms with van der Waals surface area (Å²) in [5.41, 5.74) is 3.66. The van der Waals surface area contributed by atoms with Crippen LogP contribution in [-0.4, -0.2) is 25.5 Å². The fourth-order valence-corrected chi connectivity index (χ4v) is 3.16. The van der Waals surface area contributed by atoms with Crippen molar-refractivity contribution in [2.24, 2.45) is 5.92 Å². The van der Waals surface area contributed by atoms with Crippen LogP contribution in [0, 0.1) is 19.8 Å². The molecule has 0 bridgehead atoms. The molecule has 130 valence electrons. The number of carbonyl (C=O) groups excluding carboxylic acids is 2. The van der Waals surface area contributed by atoms with E-state index in [0.29, 0.717) is 18.0 Å². The maximum absolute atomic E-state index is 12.6. The minimum Gasteiger partial charge on any atom is -0.495 e. The van der Waals surface area contributed by atoms with Gasteiger partial charge in [-0.05, 0) is 37.6 Å². The maximum Gasteiger partial charge on any atom is 0.229 e. The van der Waals surface area contributed by atoms with E-state index < -0.39 is 0 Å². The number of ether oxygens (including phenoxy) is 1. The summed E-state index contributed by atoms with van der Waals surface area (Å²) in [7, 11) is 1.57. The van der Waals surface area contributed by atoms with Crippen LogP contribution in [0.4, 0.5) is 11.4 Å². The number of aryl methyl sites for hydroxylation is 2. The van der Waals surface area contributed by atoms with E-state index >= 15 is 0 Å². The molecule has 1 fully saturated rings. The van der Waals surface area contributed by atoms with E-state index in [1.807, 2.05) is 56.3 Å². The molecule has 0 radical (unpaired) electrons. The predicted octanol–water partition coefficient (Wildman–Crippen LogP) is 3.30. The molecule has 3 rings (SSSR count). The van der Waals surface area contributed by atoms with Crippen LogP contribution >= 0.6 is 0 Å². The van der Waals surface area contributed by atoms with Gasteiger partial charge in [-0.15, -0.1) is 0 Å². The number of amides is 2.